The Morgan fingerprint density at radius 3 is 2.62 bits per heavy atom. The zero-order valence-electron chi connectivity index (χ0n) is 11.4. The van der Waals surface area contributed by atoms with Crippen molar-refractivity contribution in [3.05, 3.63) is 70.2 Å². The lowest BCUT2D eigenvalue weighted by Crippen LogP contribution is -2.22. The van der Waals surface area contributed by atoms with E-state index in [4.69, 9.17) is 17.3 Å². The van der Waals surface area contributed by atoms with Crippen LogP contribution in [0.15, 0.2) is 48.5 Å². The Labute approximate surface area is 129 Å². The van der Waals surface area contributed by atoms with Crippen molar-refractivity contribution in [2.75, 3.05) is 6.54 Å². The third-order valence-electron chi connectivity index (χ3n) is 2.83. The molecule has 0 aromatic heterocycles. The van der Waals surface area contributed by atoms with E-state index in [1.54, 1.807) is 24.3 Å². The van der Waals surface area contributed by atoms with Gasteiger partial charge in [0.05, 0.1) is 6.54 Å². The van der Waals surface area contributed by atoms with Crippen molar-refractivity contribution in [2.24, 2.45) is 5.73 Å². The molecule has 0 saturated carbocycles. The number of halogens is 1. The molecule has 106 valence electrons. The first-order valence-corrected chi connectivity index (χ1v) is 6.88. The monoisotopic (exact) mass is 298 g/mol. The Bertz CT molecular complexity index is 684. The van der Waals surface area contributed by atoms with Gasteiger partial charge >= 0.3 is 0 Å². The molecule has 2 rings (SSSR count). The smallest absolute Gasteiger partial charge is 0.251 e. The van der Waals surface area contributed by atoms with Gasteiger partial charge in [-0.15, -0.1) is 0 Å². The van der Waals surface area contributed by atoms with Gasteiger partial charge in [0.1, 0.15) is 0 Å². The molecule has 4 heteroatoms. The predicted octanol–water partition coefficient (Wildman–Crippen LogP) is 2.58. The first kappa shape index (κ1) is 15.1. The molecule has 0 unspecified atom stereocenters. The number of benzene rings is 2. The number of amides is 1. The first-order chi connectivity index (χ1) is 10.2. The van der Waals surface area contributed by atoms with Crippen LogP contribution in [0, 0.1) is 11.8 Å². The standard InChI is InChI=1S/C17H15ClN2O/c18-16-5-1-4-15(11-16)17(21)20-12-14-8-6-13(7-9-14)3-2-10-19/h1,4-9,11H,10,12,19H2,(H,20,21). The summed E-state index contributed by atoms with van der Waals surface area (Å²) >= 11 is 5.86. The summed E-state index contributed by atoms with van der Waals surface area (Å²) in [6.07, 6.45) is 0. The Hall–Kier alpha value is -2.28. The molecule has 0 saturated heterocycles. The van der Waals surface area contributed by atoms with Crippen LogP contribution in [0.4, 0.5) is 0 Å². The highest BCUT2D eigenvalue weighted by molar-refractivity contribution is 6.30. The summed E-state index contributed by atoms with van der Waals surface area (Å²) in [5.41, 5.74) is 7.78. The predicted molar refractivity (Wildman–Crippen MR) is 85.0 cm³/mol. The van der Waals surface area contributed by atoms with Crippen LogP contribution in [0.25, 0.3) is 0 Å². The molecule has 2 aromatic carbocycles. The van der Waals surface area contributed by atoms with Crippen molar-refractivity contribution in [3.8, 4) is 11.8 Å². The van der Waals surface area contributed by atoms with E-state index in [1.807, 2.05) is 24.3 Å². The van der Waals surface area contributed by atoms with E-state index in [-0.39, 0.29) is 5.91 Å². The first-order valence-electron chi connectivity index (χ1n) is 6.50. The van der Waals surface area contributed by atoms with Gasteiger partial charge in [-0.2, -0.15) is 0 Å². The highest BCUT2D eigenvalue weighted by Gasteiger charge is 2.05. The summed E-state index contributed by atoms with van der Waals surface area (Å²) in [7, 11) is 0. The van der Waals surface area contributed by atoms with Gasteiger partial charge in [-0.25, -0.2) is 0 Å². The minimum absolute atomic E-state index is 0.149. The van der Waals surface area contributed by atoms with E-state index in [9.17, 15) is 4.79 Å². The largest absolute Gasteiger partial charge is 0.348 e. The molecule has 0 bridgehead atoms. The summed E-state index contributed by atoms with van der Waals surface area (Å²) in [5, 5.41) is 3.40. The fraction of sp³-hybridized carbons (Fsp3) is 0.118. The van der Waals surface area contributed by atoms with Gasteiger partial charge in [-0.1, -0.05) is 41.6 Å². The average molecular weight is 299 g/mol. The van der Waals surface area contributed by atoms with Gasteiger partial charge in [0.15, 0.2) is 0 Å². The summed E-state index contributed by atoms with van der Waals surface area (Å²) in [5.74, 6) is 5.60. The zero-order chi connectivity index (χ0) is 15.1. The van der Waals surface area contributed by atoms with Crippen LogP contribution in [0.3, 0.4) is 0 Å². The molecule has 3 nitrogen and oxygen atoms in total. The molecule has 0 spiro atoms. The molecular weight excluding hydrogens is 284 g/mol. The summed E-state index contributed by atoms with van der Waals surface area (Å²) in [4.78, 5) is 12.0. The summed E-state index contributed by atoms with van der Waals surface area (Å²) < 4.78 is 0. The number of carbonyl (C=O) groups excluding carboxylic acids is 1. The minimum atomic E-state index is -0.149. The molecule has 1 amide bonds. The molecular formula is C17H15ClN2O. The van der Waals surface area contributed by atoms with E-state index in [2.05, 4.69) is 17.2 Å². The lowest BCUT2D eigenvalue weighted by Gasteiger charge is -2.06. The van der Waals surface area contributed by atoms with Gasteiger partial charge in [-0.05, 0) is 35.9 Å². The maximum atomic E-state index is 12.0. The van der Waals surface area contributed by atoms with Crippen LogP contribution in [0.5, 0.6) is 0 Å². The summed E-state index contributed by atoms with van der Waals surface area (Å²) in [6, 6.07) is 14.5. The maximum Gasteiger partial charge on any atom is 0.251 e. The lowest BCUT2D eigenvalue weighted by atomic mass is 10.1. The van der Waals surface area contributed by atoms with Gasteiger partial charge in [-0.3, -0.25) is 4.79 Å². The molecule has 21 heavy (non-hydrogen) atoms. The van der Waals surface area contributed by atoms with Gasteiger partial charge in [0.25, 0.3) is 5.91 Å². The van der Waals surface area contributed by atoms with Crippen molar-refractivity contribution >= 4 is 17.5 Å². The zero-order valence-corrected chi connectivity index (χ0v) is 12.2. The highest BCUT2D eigenvalue weighted by Crippen LogP contribution is 2.11. The van der Waals surface area contributed by atoms with E-state index < -0.39 is 0 Å². The Kier molecular flexibility index (Phi) is 5.39. The molecule has 2 aromatic rings. The fourth-order valence-electron chi connectivity index (χ4n) is 1.77. The lowest BCUT2D eigenvalue weighted by molar-refractivity contribution is 0.0951. The Balaban J connectivity index is 1.95. The van der Waals surface area contributed by atoms with E-state index >= 15 is 0 Å². The van der Waals surface area contributed by atoms with Crippen molar-refractivity contribution < 1.29 is 4.79 Å². The maximum absolute atomic E-state index is 12.0. The number of nitrogens with two attached hydrogens (primary N) is 1. The topological polar surface area (TPSA) is 55.1 Å². The average Bonchev–Trinajstić information content (AvgIpc) is 2.51. The fourth-order valence-corrected chi connectivity index (χ4v) is 1.96. The molecule has 0 aliphatic heterocycles. The van der Waals surface area contributed by atoms with E-state index in [1.165, 1.54) is 0 Å². The Morgan fingerprint density at radius 2 is 1.95 bits per heavy atom. The van der Waals surface area contributed by atoms with Crippen molar-refractivity contribution in [1.82, 2.24) is 5.32 Å². The van der Waals surface area contributed by atoms with Gasteiger partial charge in [0.2, 0.25) is 0 Å². The number of hydrogen-bond acceptors (Lipinski definition) is 2. The molecule has 3 N–H and O–H groups in total. The SMILES string of the molecule is NCC#Cc1ccc(CNC(=O)c2cccc(Cl)c2)cc1. The molecule has 0 aliphatic rings. The van der Waals surface area contributed by atoms with Crippen molar-refractivity contribution in [3.63, 3.8) is 0 Å². The molecule has 0 atom stereocenters. The quantitative estimate of drug-likeness (QED) is 0.856. The number of rotatable bonds is 3. The molecule has 0 radical (unpaired) electrons. The second kappa shape index (κ2) is 7.49. The second-order valence-corrected chi connectivity index (χ2v) is 4.83. The summed E-state index contributed by atoms with van der Waals surface area (Å²) in [6.45, 7) is 0.799. The van der Waals surface area contributed by atoms with Gasteiger partial charge < -0.3 is 11.1 Å². The van der Waals surface area contributed by atoms with Crippen LogP contribution in [0.1, 0.15) is 21.5 Å². The number of hydrogen-bond donors (Lipinski definition) is 2. The highest BCUT2D eigenvalue weighted by atomic mass is 35.5. The third-order valence-corrected chi connectivity index (χ3v) is 3.06. The van der Waals surface area contributed by atoms with Crippen LogP contribution in [-0.4, -0.2) is 12.5 Å². The van der Waals surface area contributed by atoms with Crippen LogP contribution in [0.2, 0.25) is 5.02 Å². The van der Waals surface area contributed by atoms with Crippen LogP contribution in [-0.2, 0) is 6.54 Å². The molecule has 0 fully saturated rings. The minimum Gasteiger partial charge on any atom is -0.348 e. The second-order valence-electron chi connectivity index (χ2n) is 4.40. The third kappa shape index (κ3) is 4.64. The number of nitrogens with one attached hydrogen (secondary N) is 1. The van der Waals surface area contributed by atoms with E-state index in [0.717, 1.165) is 11.1 Å². The van der Waals surface area contributed by atoms with Crippen molar-refractivity contribution in [2.45, 2.75) is 6.54 Å². The Morgan fingerprint density at radius 1 is 1.19 bits per heavy atom. The number of carbonyl (C=O) groups is 1. The van der Waals surface area contributed by atoms with Gasteiger partial charge in [0, 0.05) is 22.7 Å². The van der Waals surface area contributed by atoms with E-state index in [0.29, 0.717) is 23.7 Å². The van der Waals surface area contributed by atoms with Crippen LogP contribution >= 0.6 is 11.6 Å². The molecule has 0 heterocycles. The van der Waals surface area contributed by atoms with Crippen molar-refractivity contribution in [1.29, 1.82) is 0 Å². The van der Waals surface area contributed by atoms with Crippen LogP contribution < -0.4 is 11.1 Å². The normalized spacial score (nSPS) is 9.62. The molecule has 0 aliphatic carbocycles.